The van der Waals surface area contributed by atoms with E-state index in [0.717, 1.165) is 42.6 Å². The summed E-state index contributed by atoms with van der Waals surface area (Å²) in [7, 11) is 4.17. The maximum Gasteiger partial charge on any atom is 0.178 e. The molecule has 3 aromatic rings. The molecule has 0 aromatic carbocycles. The van der Waals surface area contributed by atoms with Crippen LogP contribution in [0.4, 0.5) is 5.82 Å². The van der Waals surface area contributed by atoms with Crippen molar-refractivity contribution >= 4 is 11.5 Å². The van der Waals surface area contributed by atoms with Crippen LogP contribution in [0.1, 0.15) is 36.7 Å². The average molecular weight is 352 g/mol. The highest BCUT2D eigenvalue weighted by molar-refractivity contribution is 5.48. The molecule has 1 aliphatic heterocycles. The number of anilines is 1. The van der Waals surface area contributed by atoms with E-state index in [1.165, 1.54) is 19.3 Å². The first kappa shape index (κ1) is 15.7. The van der Waals surface area contributed by atoms with Gasteiger partial charge in [-0.15, -0.1) is 15.3 Å². The number of hydrogen-bond acceptors (Lipinski definition) is 6. The average Bonchev–Trinajstić information content (AvgIpc) is 3.11. The fourth-order valence-corrected chi connectivity index (χ4v) is 3.74. The fraction of sp³-hybridized carbons (Fsp3) is 0.556. The van der Waals surface area contributed by atoms with Gasteiger partial charge in [-0.25, -0.2) is 4.98 Å². The highest BCUT2D eigenvalue weighted by Crippen LogP contribution is 2.35. The molecule has 8 heteroatoms. The first-order chi connectivity index (χ1) is 12.7. The van der Waals surface area contributed by atoms with Gasteiger partial charge in [0.1, 0.15) is 5.82 Å². The zero-order chi connectivity index (χ0) is 17.7. The van der Waals surface area contributed by atoms with E-state index in [4.69, 9.17) is 5.10 Å². The lowest BCUT2D eigenvalue weighted by atomic mass is 9.85. The SMILES string of the molecule is CN(Cc1cn(C)cn1)C1CN(c2ccc3nnc(C4CCC4)n3n2)C1. The molecule has 0 radical (unpaired) electrons. The molecule has 2 fully saturated rings. The smallest absolute Gasteiger partial charge is 0.178 e. The van der Waals surface area contributed by atoms with E-state index in [-0.39, 0.29) is 0 Å². The maximum absolute atomic E-state index is 4.82. The second-order valence-electron chi connectivity index (χ2n) is 7.65. The van der Waals surface area contributed by atoms with Crippen molar-refractivity contribution in [3.63, 3.8) is 0 Å². The van der Waals surface area contributed by atoms with E-state index in [0.29, 0.717) is 12.0 Å². The quantitative estimate of drug-likeness (QED) is 0.692. The number of aromatic nitrogens is 6. The minimum absolute atomic E-state index is 0.529. The molecule has 8 nitrogen and oxygen atoms in total. The Bertz CT molecular complexity index is 918. The molecule has 0 N–H and O–H groups in total. The van der Waals surface area contributed by atoms with Crippen molar-refractivity contribution in [2.45, 2.75) is 37.8 Å². The summed E-state index contributed by atoms with van der Waals surface area (Å²) < 4.78 is 3.94. The molecule has 3 aromatic heterocycles. The molecule has 0 spiro atoms. The number of nitrogens with zero attached hydrogens (tertiary/aromatic N) is 8. The van der Waals surface area contributed by atoms with E-state index in [2.05, 4.69) is 44.3 Å². The Morgan fingerprint density at radius 3 is 2.73 bits per heavy atom. The van der Waals surface area contributed by atoms with Gasteiger partial charge in [0.25, 0.3) is 0 Å². The van der Waals surface area contributed by atoms with Crippen molar-refractivity contribution in [2.75, 3.05) is 25.0 Å². The summed E-state index contributed by atoms with van der Waals surface area (Å²) in [5.74, 6) is 2.57. The molecule has 0 bridgehead atoms. The van der Waals surface area contributed by atoms with Crippen LogP contribution < -0.4 is 4.90 Å². The van der Waals surface area contributed by atoms with Crippen LogP contribution in [0.5, 0.6) is 0 Å². The molecule has 1 aliphatic carbocycles. The fourth-order valence-electron chi connectivity index (χ4n) is 3.74. The Labute approximate surface area is 152 Å². The molecule has 0 amide bonds. The summed E-state index contributed by atoms with van der Waals surface area (Å²) in [5, 5.41) is 13.5. The minimum atomic E-state index is 0.529. The maximum atomic E-state index is 4.82. The van der Waals surface area contributed by atoms with Crippen LogP contribution >= 0.6 is 0 Å². The molecule has 0 unspecified atom stereocenters. The zero-order valence-electron chi connectivity index (χ0n) is 15.3. The van der Waals surface area contributed by atoms with Gasteiger partial charge in [0, 0.05) is 44.8 Å². The normalized spacial score (nSPS) is 18.5. The third kappa shape index (κ3) is 2.65. The minimum Gasteiger partial charge on any atom is -0.352 e. The molecule has 0 atom stereocenters. The summed E-state index contributed by atoms with van der Waals surface area (Å²) >= 11 is 0. The van der Waals surface area contributed by atoms with Crippen LogP contribution in [0.15, 0.2) is 24.7 Å². The monoisotopic (exact) mass is 352 g/mol. The van der Waals surface area contributed by atoms with Gasteiger partial charge in [0.05, 0.1) is 12.0 Å². The Kier molecular flexibility index (Phi) is 3.66. The molecular formula is C18H24N8. The summed E-state index contributed by atoms with van der Waals surface area (Å²) in [6.07, 6.45) is 7.63. The lowest BCUT2D eigenvalue weighted by Gasteiger charge is -2.44. The van der Waals surface area contributed by atoms with Gasteiger partial charge in [0.2, 0.25) is 0 Å². The van der Waals surface area contributed by atoms with E-state index in [9.17, 15) is 0 Å². The summed E-state index contributed by atoms with van der Waals surface area (Å²) in [5.41, 5.74) is 1.96. The third-order valence-corrected chi connectivity index (χ3v) is 5.72. The highest BCUT2D eigenvalue weighted by Gasteiger charge is 2.32. The number of imidazole rings is 1. The molecule has 4 heterocycles. The van der Waals surface area contributed by atoms with Crippen molar-refractivity contribution in [1.82, 2.24) is 34.3 Å². The molecule has 1 saturated heterocycles. The van der Waals surface area contributed by atoms with Crippen LogP contribution in [0.3, 0.4) is 0 Å². The van der Waals surface area contributed by atoms with Gasteiger partial charge in [0.15, 0.2) is 11.5 Å². The molecule has 26 heavy (non-hydrogen) atoms. The molecular weight excluding hydrogens is 328 g/mol. The van der Waals surface area contributed by atoms with Crippen LogP contribution in [0.2, 0.25) is 0 Å². The second kappa shape index (κ2) is 6.05. The third-order valence-electron chi connectivity index (χ3n) is 5.72. The predicted octanol–water partition coefficient (Wildman–Crippen LogP) is 1.45. The number of likely N-dealkylation sites (N-methyl/N-ethyl adjacent to an activating group) is 1. The molecule has 2 aliphatic rings. The van der Waals surface area contributed by atoms with Crippen LogP contribution in [-0.2, 0) is 13.6 Å². The van der Waals surface area contributed by atoms with Crippen molar-refractivity contribution in [3.8, 4) is 0 Å². The van der Waals surface area contributed by atoms with Gasteiger partial charge in [-0.3, -0.25) is 4.90 Å². The van der Waals surface area contributed by atoms with E-state index < -0.39 is 0 Å². The first-order valence-electron chi connectivity index (χ1n) is 9.32. The van der Waals surface area contributed by atoms with E-state index in [1.54, 1.807) is 0 Å². The van der Waals surface area contributed by atoms with Gasteiger partial charge >= 0.3 is 0 Å². The van der Waals surface area contributed by atoms with Crippen molar-refractivity contribution in [1.29, 1.82) is 0 Å². The topological polar surface area (TPSA) is 67.4 Å². The first-order valence-corrected chi connectivity index (χ1v) is 9.32. The van der Waals surface area contributed by atoms with Gasteiger partial charge in [-0.2, -0.15) is 4.52 Å². The number of aryl methyl sites for hydroxylation is 1. The van der Waals surface area contributed by atoms with Crippen LogP contribution in [0.25, 0.3) is 5.65 Å². The summed E-state index contributed by atoms with van der Waals surface area (Å²) in [4.78, 5) is 9.11. The number of rotatable bonds is 5. The summed E-state index contributed by atoms with van der Waals surface area (Å²) in [6, 6.07) is 4.62. The van der Waals surface area contributed by atoms with Crippen LogP contribution in [-0.4, -0.2) is 60.4 Å². The second-order valence-corrected chi connectivity index (χ2v) is 7.65. The Morgan fingerprint density at radius 2 is 2.04 bits per heavy atom. The predicted molar refractivity (Wildman–Crippen MR) is 98.1 cm³/mol. The van der Waals surface area contributed by atoms with Crippen LogP contribution in [0, 0.1) is 0 Å². The lowest BCUT2D eigenvalue weighted by Crippen LogP contribution is -2.58. The Morgan fingerprint density at radius 1 is 1.19 bits per heavy atom. The lowest BCUT2D eigenvalue weighted by molar-refractivity contribution is 0.194. The Balaban J connectivity index is 1.26. The standard InChI is InChI=1S/C18H24N8/c1-23-8-14(19-12-23)9-24(2)15-10-25(11-15)17-7-6-16-20-21-18(26(16)22-17)13-4-3-5-13/h6-8,12-13,15H,3-5,9-11H2,1-2H3. The Hall–Kier alpha value is -2.48. The van der Waals surface area contributed by atoms with Gasteiger partial charge < -0.3 is 9.47 Å². The van der Waals surface area contributed by atoms with Crippen molar-refractivity contribution < 1.29 is 0 Å². The van der Waals surface area contributed by atoms with E-state index in [1.807, 2.05) is 28.5 Å². The van der Waals surface area contributed by atoms with Gasteiger partial charge in [-0.05, 0) is 32.0 Å². The molecule has 136 valence electrons. The molecule has 5 rings (SSSR count). The van der Waals surface area contributed by atoms with Crippen molar-refractivity contribution in [3.05, 3.63) is 36.2 Å². The summed E-state index contributed by atoms with van der Waals surface area (Å²) in [6.45, 7) is 2.86. The van der Waals surface area contributed by atoms with Gasteiger partial charge in [-0.1, -0.05) is 6.42 Å². The zero-order valence-corrected chi connectivity index (χ0v) is 15.3. The van der Waals surface area contributed by atoms with E-state index >= 15 is 0 Å². The largest absolute Gasteiger partial charge is 0.352 e. The molecule has 1 saturated carbocycles. The number of hydrogen-bond donors (Lipinski definition) is 0. The highest BCUT2D eigenvalue weighted by atomic mass is 15.4. The number of fused-ring (bicyclic) bond motifs is 1. The van der Waals surface area contributed by atoms with Crippen molar-refractivity contribution in [2.24, 2.45) is 7.05 Å².